The summed E-state index contributed by atoms with van der Waals surface area (Å²) in [6.45, 7) is 5.23. The molecule has 5 amide bonds. The molecule has 0 aliphatic carbocycles. The molecule has 0 aromatic heterocycles. The Labute approximate surface area is 313 Å². The molecule has 1 heterocycles. The summed E-state index contributed by atoms with van der Waals surface area (Å²) in [5.41, 5.74) is 7.03. The van der Waals surface area contributed by atoms with E-state index in [1.807, 2.05) is 20.8 Å². The van der Waals surface area contributed by atoms with E-state index in [2.05, 4.69) is 16.0 Å². The van der Waals surface area contributed by atoms with Gasteiger partial charge in [-0.3, -0.25) is 24.0 Å². The number of nitrogens with one attached hydrogen (secondary N) is 3. The van der Waals surface area contributed by atoms with Crippen molar-refractivity contribution in [2.75, 3.05) is 13.2 Å². The van der Waals surface area contributed by atoms with Crippen LogP contribution in [0.2, 0.25) is 10.0 Å². The van der Waals surface area contributed by atoms with E-state index in [1.165, 1.54) is 4.90 Å². The first-order valence-electron chi connectivity index (χ1n) is 17.0. The van der Waals surface area contributed by atoms with Gasteiger partial charge in [0.05, 0.1) is 12.5 Å². The Balaban J connectivity index is 1.50. The zero-order chi connectivity index (χ0) is 38.0. The number of primary amides is 1. The minimum Gasteiger partial charge on any atom is -0.381 e. The Hall–Kier alpha value is -4.49. The number of amides is 5. The van der Waals surface area contributed by atoms with Crippen LogP contribution in [0.15, 0.2) is 78.9 Å². The van der Waals surface area contributed by atoms with Crippen LogP contribution in [-0.2, 0) is 35.1 Å². The van der Waals surface area contributed by atoms with Gasteiger partial charge >= 0.3 is 0 Å². The first kappa shape index (κ1) is 40.3. The van der Waals surface area contributed by atoms with E-state index in [0.29, 0.717) is 39.6 Å². The lowest BCUT2D eigenvalue weighted by Gasteiger charge is -2.32. The zero-order valence-electron chi connectivity index (χ0n) is 29.3. The fourth-order valence-electron chi connectivity index (χ4n) is 5.96. The average molecular weight is 755 g/mol. The second kappa shape index (κ2) is 18.3. The quantitative estimate of drug-likeness (QED) is 0.158. The van der Waals surface area contributed by atoms with Crippen LogP contribution in [0, 0.1) is 0 Å². The summed E-state index contributed by atoms with van der Waals surface area (Å²) in [7, 11) is 0. The number of halogens is 2. The monoisotopic (exact) mass is 753 g/mol. The lowest BCUT2D eigenvalue weighted by Crippen LogP contribution is -2.59. The molecule has 6 N–H and O–H groups in total. The fourth-order valence-corrected chi connectivity index (χ4v) is 6.21. The van der Waals surface area contributed by atoms with Crippen molar-refractivity contribution in [1.29, 1.82) is 0 Å². The van der Waals surface area contributed by atoms with Crippen molar-refractivity contribution in [2.45, 2.75) is 82.3 Å². The fraction of sp³-hybridized carbons (Fsp3) is 0.395. The second-order valence-electron chi connectivity index (χ2n) is 13.8. The van der Waals surface area contributed by atoms with Crippen LogP contribution < -0.4 is 21.7 Å². The molecule has 0 bridgehead atoms. The van der Waals surface area contributed by atoms with Gasteiger partial charge in [0, 0.05) is 22.1 Å². The standard InChI is InChI=1S/C38H45Cl2N5O7/c1-38(2,3)44-36(50)30-10-7-19-45(30)37(51)33(48)28(20-23-8-5-4-6-9-23)43-35(49)29(21-31(41)46)42-32(47)22-52-34(24-11-15-26(39)16-12-24)25-13-17-27(40)18-14-25/h4-6,8-9,11-18,28-30,33-34,48H,7,10,19-22H2,1-3H3,(H2,41,46)(H,42,47)(H,43,49)(H,44,50). The number of carbonyl (C=O) groups excluding carboxylic acids is 5. The molecule has 4 rings (SSSR count). The number of carbonyl (C=O) groups is 5. The number of rotatable bonds is 15. The summed E-state index contributed by atoms with van der Waals surface area (Å²) in [6, 6.07) is 19.2. The van der Waals surface area contributed by atoms with Crippen molar-refractivity contribution in [3.05, 3.63) is 106 Å². The largest absolute Gasteiger partial charge is 0.381 e. The number of ether oxygens (including phenoxy) is 1. The van der Waals surface area contributed by atoms with Crippen LogP contribution in [0.1, 0.15) is 62.8 Å². The first-order valence-corrected chi connectivity index (χ1v) is 17.7. The van der Waals surface area contributed by atoms with Crippen molar-refractivity contribution in [3.8, 4) is 0 Å². The number of likely N-dealkylation sites (tertiary alicyclic amines) is 1. The molecular formula is C38H45Cl2N5O7. The number of aliphatic hydroxyl groups excluding tert-OH is 1. The highest BCUT2D eigenvalue weighted by Gasteiger charge is 2.41. The molecule has 0 spiro atoms. The van der Waals surface area contributed by atoms with E-state index >= 15 is 0 Å². The highest BCUT2D eigenvalue weighted by atomic mass is 35.5. The summed E-state index contributed by atoms with van der Waals surface area (Å²) in [4.78, 5) is 67.2. The van der Waals surface area contributed by atoms with Gasteiger partial charge in [-0.05, 0) is 81.0 Å². The van der Waals surface area contributed by atoms with Gasteiger partial charge in [-0.1, -0.05) is 77.8 Å². The maximum absolute atomic E-state index is 13.8. The normalized spacial score (nSPS) is 16.1. The van der Waals surface area contributed by atoms with Crippen LogP contribution in [0.3, 0.4) is 0 Å². The summed E-state index contributed by atoms with van der Waals surface area (Å²) >= 11 is 12.2. The Morgan fingerprint density at radius 2 is 1.48 bits per heavy atom. The summed E-state index contributed by atoms with van der Waals surface area (Å²) in [5.74, 6) is -3.52. The predicted molar refractivity (Wildman–Crippen MR) is 197 cm³/mol. The van der Waals surface area contributed by atoms with E-state index in [0.717, 1.165) is 0 Å². The maximum Gasteiger partial charge on any atom is 0.254 e. The molecule has 14 heteroatoms. The Bertz CT molecular complexity index is 1660. The van der Waals surface area contributed by atoms with Gasteiger partial charge in [0.25, 0.3) is 5.91 Å². The van der Waals surface area contributed by atoms with Crippen LogP contribution in [0.5, 0.6) is 0 Å². The van der Waals surface area contributed by atoms with E-state index < -0.39 is 72.5 Å². The third-order valence-corrected chi connectivity index (χ3v) is 8.88. The van der Waals surface area contributed by atoms with Gasteiger partial charge in [0.2, 0.25) is 23.6 Å². The molecule has 4 atom stereocenters. The van der Waals surface area contributed by atoms with Gasteiger partial charge in [0.1, 0.15) is 24.8 Å². The van der Waals surface area contributed by atoms with Crippen molar-refractivity contribution < 1.29 is 33.8 Å². The maximum atomic E-state index is 13.8. The van der Waals surface area contributed by atoms with Crippen molar-refractivity contribution in [2.24, 2.45) is 5.73 Å². The molecule has 12 nitrogen and oxygen atoms in total. The predicted octanol–water partition coefficient (Wildman–Crippen LogP) is 3.45. The lowest BCUT2D eigenvalue weighted by molar-refractivity contribution is -0.147. The number of nitrogens with zero attached hydrogens (tertiary/aromatic N) is 1. The molecule has 0 saturated carbocycles. The Kier molecular flexibility index (Phi) is 14.2. The molecule has 1 fully saturated rings. The van der Waals surface area contributed by atoms with E-state index in [4.69, 9.17) is 33.7 Å². The van der Waals surface area contributed by atoms with Crippen LogP contribution in [-0.4, -0.2) is 82.5 Å². The molecule has 0 radical (unpaired) electrons. The van der Waals surface area contributed by atoms with Crippen LogP contribution in [0.4, 0.5) is 0 Å². The number of nitrogens with two attached hydrogens (primary N) is 1. The van der Waals surface area contributed by atoms with Gasteiger partial charge < -0.3 is 36.4 Å². The molecule has 1 aliphatic heterocycles. The van der Waals surface area contributed by atoms with E-state index in [9.17, 15) is 29.1 Å². The smallest absolute Gasteiger partial charge is 0.254 e. The Morgan fingerprint density at radius 1 is 0.904 bits per heavy atom. The lowest BCUT2D eigenvalue weighted by atomic mass is 9.99. The van der Waals surface area contributed by atoms with Gasteiger partial charge in [-0.2, -0.15) is 0 Å². The zero-order valence-corrected chi connectivity index (χ0v) is 30.8. The molecule has 52 heavy (non-hydrogen) atoms. The van der Waals surface area contributed by atoms with Crippen molar-refractivity contribution in [3.63, 3.8) is 0 Å². The molecule has 1 aliphatic rings. The molecule has 1 saturated heterocycles. The van der Waals surface area contributed by atoms with Gasteiger partial charge in [-0.25, -0.2) is 0 Å². The highest BCUT2D eigenvalue weighted by molar-refractivity contribution is 6.30. The summed E-state index contributed by atoms with van der Waals surface area (Å²) in [6.07, 6.45) is -2.04. The summed E-state index contributed by atoms with van der Waals surface area (Å²) < 4.78 is 6.02. The topological polar surface area (TPSA) is 180 Å². The van der Waals surface area contributed by atoms with Crippen molar-refractivity contribution >= 4 is 52.7 Å². The highest BCUT2D eigenvalue weighted by Crippen LogP contribution is 2.28. The number of benzene rings is 3. The van der Waals surface area contributed by atoms with Gasteiger partial charge in [-0.15, -0.1) is 0 Å². The number of hydrogen-bond donors (Lipinski definition) is 5. The number of aliphatic hydroxyl groups is 1. The minimum atomic E-state index is -1.76. The SMILES string of the molecule is CC(C)(C)NC(=O)C1CCCN1C(=O)C(O)C(Cc1ccccc1)NC(=O)C(CC(N)=O)NC(=O)COC(c1ccc(Cl)cc1)c1ccc(Cl)cc1. The van der Waals surface area contributed by atoms with Crippen LogP contribution in [0.25, 0.3) is 0 Å². The summed E-state index contributed by atoms with van der Waals surface area (Å²) in [5, 5.41) is 20.6. The van der Waals surface area contributed by atoms with Gasteiger partial charge in [0.15, 0.2) is 6.10 Å². The third-order valence-electron chi connectivity index (χ3n) is 8.38. The van der Waals surface area contributed by atoms with Crippen LogP contribution >= 0.6 is 23.2 Å². The molecular weight excluding hydrogens is 709 g/mol. The van der Waals surface area contributed by atoms with Crippen molar-refractivity contribution in [1.82, 2.24) is 20.9 Å². The molecule has 3 aromatic rings. The second-order valence-corrected chi connectivity index (χ2v) is 14.6. The molecule has 3 aromatic carbocycles. The number of hydrogen-bond acceptors (Lipinski definition) is 7. The average Bonchev–Trinajstić information content (AvgIpc) is 3.59. The molecule has 4 unspecified atom stereocenters. The first-order chi connectivity index (χ1) is 24.6. The minimum absolute atomic E-state index is 0.0242. The van der Waals surface area contributed by atoms with E-state index in [1.54, 1.807) is 78.9 Å². The third kappa shape index (κ3) is 11.8. The molecule has 278 valence electrons. The Morgan fingerprint density at radius 3 is 2.02 bits per heavy atom. The van der Waals surface area contributed by atoms with E-state index in [-0.39, 0.29) is 18.9 Å².